The number of nitrogens with zero attached hydrogens (tertiary/aromatic N) is 3. The molecule has 1 aromatic heterocycles. The summed E-state index contributed by atoms with van der Waals surface area (Å²) in [6.45, 7) is 6.99. The Morgan fingerprint density at radius 1 is 0.974 bits per heavy atom. The maximum Gasteiger partial charge on any atom is 0.322 e. The summed E-state index contributed by atoms with van der Waals surface area (Å²) in [6, 6.07) is 21.6. The Labute approximate surface area is 229 Å². The van der Waals surface area contributed by atoms with Gasteiger partial charge in [-0.15, -0.1) is 0 Å². The minimum Gasteiger partial charge on any atom is -0.497 e. The van der Waals surface area contributed by atoms with Crippen molar-refractivity contribution in [3.8, 4) is 11.5 Å². The molecule has 1 N–H and O–H groups in total. The molecule has 0 bridgehead atoms. The van der Waals surface area contributed by atoms with E-state index >= 15 is 0 Å². The highest BCUT2D eigenvalue weighted by atomic mass is 16.5. The molecule has 0 aliphatic heterocycles. The summed E-state index contributed by atoms with van der Waals surface area (Å²) in [7, 11) is 3.12. The van der Waals surface area contributed by atoms with E-state index in [4.69, 9.17) is 14.5 Å². The Kier molecular flexibility index (Phi) is 8.86. The second-order valence-corrected chi connectivity index (χ2v) is 9.91. The average molecular weight is 529 g/mol. The molecule has 0 saturated heterocycles. The molecular formula is C31H36N4O4. The van der Waals surface area contributed by atoms with E-state index in [2.05, 4.69) is 19.2 Å². The highest BCUT2D eigenvalue weighted by Gasteiger charge is 2.27. The molecule has 39 heavy (non-hydrogen) atoms. The van der Waals surface area contributed by atoms with Crippen molar-refractivity contribution in [1.29, 1.82) is 0 Å². The van der Waals surface area contributed by atoms with Gasteiger partial charge in [-0.3, -0.25) is 9.36 Å². The van der Waals surface area contributed by atoms with E-state index < -0.39 is 6.04 Å². The molecule has 1 unspecified atom stereocenters. The molecular weight excluding hydrogens is 492 g/mol. The number of nitrogens with one attached hydrogen (secondary N) is 1. The number of benzene rings is 3. The molecule has 0 aliphatic rings. The second-order valence-electron chi connectivity index (χ2n) is 9.91. The van der Waals surface area contributed by atoms with Crippen LogP contribution in [0.4, 0.5) is 10.5 Å². The molecule has 0 radical (unpaired) electrons. The Morgan fingerprint density at radius 2 is 1.69 bits per heavy atom. The van der Waals surface area contributed by atoms with Gasteiger partial charge in [-0.25, -0.2) is 9.78 Å². The number of carbonyl (C=O) groups is 1. The fourth-order valence-corrected chi connectivity index (χ4v) is 4.52. The molecule has 4 aromatic rings. The molecule has 1 heterocycles. The van der Waals surface area contributed by atoms with E-state index in [0.717, 1.165) is 12.0 Å². The van der Waals surface area contributed by atoms with Crippen molar-refractivity contribution < 1.29 is 14.3 Å². The zero-order valence-corrected chi connectivity index (χ0v) is 23.2. The maximum absolute atomic E-state index is 13.8. The summed E-state index contributed by atoms with van der Waals surface area (Å²) in [4.78, 5) is 34.2. The quantitative estimate of drug-likeness (QED) is 0.269. The summed E-state index contributed by atoms with van der Waals surface area (Å²) < 4.78 is 12.5. The molecule has 4 rings (SSSR count). The number of fused-ring (bicyclic) bond motifs is 1. The SMILES string of the molecule is COc1ccc(NC(=O)N(CCC(C)C)C(C)c2nc3ccccc3c(=O)n2Cc2ccccc2)c(OC)c1. The van der Waals surface area contributed by atoms with Gasteiger partial charge in [-0.2, -0.15) is 0 Å². The summed E-state index contributed by atoms with van der Waals surface area (Å²) >= 11 is 0. The Morgan fingerprint density at radius 3 is 2.38 bits per heavy atom. The van der Waals surface area contributed by atoms with Gasteiger partial charge in [-0.1, -0.05) is 56.3 Å². The lowest BCUT2D eigenvalue weighted by Crippen LogP contribution is -2.41. The second kappa shape index (κ2) is 12.5. The lowest BCUT2D eigenvalue weighted by molar-refractivity contribution is 0.184. The van der Waals surface area contributed by atoms with Crippen LogP contribution in [0.15, 0.2) is 77.6 Å². The van der Waals surface area contributed by atoms with Crippen molar-refractivity contribution in [3.63, 3.8) is 0 Å². The highest BCUT2D eigenvalue weighted by Crippen LogP contribution is 2.30. The van der Waals surface area contributed by atoms with Crippen molar-refractivity contribution in [2.75, 3.05) is 26.1 Å². The standard InChI is InChI=1S/C31H36N4O4/c1-21(2)17-18-34(31(37)33-27-16-15-24(38-4)19-28(27)39-5)22(3)29-32-26-14-10-9-13-25(26)30(36)35(29)20-23-11-7-6-8-12-23/h6-16,19,21-22H,17-18,20H2,1-5H3,(H,33,37). The van der Waals surface area contributed by atoms with Gasteiger partial charge in [0.15, 0.2) is 0 Å². The number of para-hydroxylation sites is 1. The Hall–Kier alpha value is -4.33. The minimum atomic E-state index is -0.492. The third kappa shape index (κ3) is 6.39. The van der Waals surface area contributed by atoms with Crippen molar-refractivity contribution >= 4 is 22.6 Å². The Balaban J connectivity index is 1.76. The predicted octanol–water partition coefficient (Wildman–Crippen LogP) is 6.10. The average Bonchev–Trinajstić information content (AvgIpc) is 2.95. The smallest absolute Gasteiger partial charge is 0.322 e. The van der Waals surface area contributed by atoms with Crippen molar-refractivity contribution in [2.45, 2.75) is 39.8 Å². The molecule has 1 atom stereocenters. The fourth-order valence-electron chi connectivity index (χ4n) is 4.52. The zero-order valence-electron chi connectivity index (χ0n) is 23.2. The van der Waals surface area contributed by atoms with Crippen LogP contribution >= 0.6 is 0 Å². The summed E-state index contributed by atoms with van der Waals surface area (Å²) in [5, 5.41) is 3.55. The predicted molar refractivity (Wildman–Crippen MR) is 155 cm³/mol. The van der Waals surface area contributed by atoms with Crippen molar-refractivity contribution in [3.05, 3.63) is 94.5 Å². The van der Waals surface area contributed by atoms with E-state index in [-0.39, 0.29) is 11.6 Å². The van der Waals surface area contributed by atoms with E-state index in [1.165, 1.54) is 0 Å². The maximum atomic E-state index is 13.8. The monoisotopic (exact) mass is 528 g/mol. The summed E-state index contributed by atoms with van der Waals surface area (Å²) in [6.07, 6.45) is 0.786. The van der Waals surface area contributed by atoms with Crippen LogP contribution in [-0.4, -0.2) is 41.2 Å². The van der Waals surface area contributed by atoms with Crippen LogP contribution in [-0.2, 0) is 6.54 Å². The summed E-state index contributed by atoms with van der Waals surface area (Å²) in [5.74, 6) is 2.02. The van der Waals surface area contributed by atoms with Gasteiger partial charge in [0.2, 0.25) is 0 Å². The van der Waals surface area contributed by atoms with Crippen LogP contribution < -0.4 is 20.3 Å². The molecule has 204 valence electrons. The molecule has 8 nitrogen and oxygen atoms in total. The number of methoxy groups -OCH3 is 2. The minimum absolute atomic E-state index is 0.132. The van der Waals surface area contributed by atoms with Gasteiger partial charge < -0.3 is 19.7 Å². The van der Waals surface area contributed by atoms with Crippen LogP contribution in [0.25, 0.3) is 10.9 Å². The van der Waals surface area contributed by atoms with Gasteiger partial charge in [0, 0.05) is 12.6 Å². The van der Waals surface area contributed by atoms with E-state index in [9.17, 15) is 9.59 Å². The largest absolute Gasteiger partial charge is 0.497 e. The van der Waals surface area contributed by atoms with Crippen LogP contribution in [0.1, 0.15) is 44.6 Å². The normalized spacial score (nSPS) is 11.8. The van der Waals surface area contributed by atoms with Gasteiger partial charge in [0.1, 0.15) is 17.3 Å². The third-order valence-corrected chi connectivity index (χ3v) is 6.77. The number of rotatable bonds is 10. The molecule has 8 heteroatoms. The molecule has 0 saturated carbocycles. The number of urea groups is 1. The van der Waals surface area contributed by atoms with E-state index in [1.807, 2.05) is 55.5 Å². The first-order valence-corrected chi connectivity index (χ1v) is 13.2. The first-order chi connectivity index (χ1) is 18.8. The number of anilines is 1. The van der Waals surface area contributed by atoms with Crippen molar-refractivity contribution in [2.24, 2.45) is 5.92 Å². The number of hydrogen-bond donors (Lipinski definition) is 1. The highest BCUT2D eigenvalue weighted by molar-refractivity contribution is 5.91. The first kappa shape index (κ1) is 27.7. The van der Waals surface area contributed by atoms with Gasteiger partial charge in [-0.05, 0) is 49.1 Å². The molecule has 0 spiro atoms. The molecule has 3 aromatic carbocycles. The van der Waals surface area contributed by atoms with Crippen LogP contribution in [0.2, 0.25) is 0 Å². The van der Waals surface area contributed by atoms with E-state index in [1.54, 1.807) is 48.0 Å². The topological polar surface area (TPSA) is 85.7 Å². The van der Waals surface area contributed by atoms with Crippen molar-refractivity contribution in [1.82, 2.24) is 14.5 Å². The van der Waals surface area contributed by atoms with E-state index in [0.29, 0.717) is 52.9 Å². The Bertz CT molecular complexity index is 1480. The van der Waals surface area contributed by atoms with Crippen LogP contribution in [0.5, 0.6) is 11.5 Å². The fraction of sp³-hybridized carbons (Fsp3) is 0.323. The third-order valence-electron chi connectivity index (χ3n) is 6.77. The number of aromatic nitrogens is 2. The summed E-state index contributed by atoms with van der Waals surface area (Å²) in [5.41, 5.74) is 1.98. The molecule has 0 fully saturated rings. The molecule has 2 amide bonds. The lowest BCUT2D eigenvalue weighted by Gasteiger charge is -2.31. The van der Waals surface area contributed by atoms with Crippen LogP contribution in [0, 0.1) is 5.92 Å². The van der Waals surface area contributed by atoms with Gasteiger partial charge in [0.25, 0.3) is 5.56 Å². The lowest BCUT2D eigenvalue weighted by atomic mass is 10.1. The van der Waals surface area contributed by atoms with Crippen LogP contribution in [0.3, 0.4) is 0 Å². The van der Waals surface area contributed by atoms with Gasteiger partial charge in [0.05, 0.1) is 43.4 Å². The zero-order chi connectivity index (χ0) is 27.9. The number of amides is 2. The number of ether oxygens (including phenoxy) is 2. The molecule has 0 aliphatic carbocycles. The first-order valence-electron chi connectivity index (χ1n) is 13.2. The number of hydrogen-bond acceptors (Lipinski definition) is 5. The van der Waals surface area contributed by atoms with Gasteiger partial charge >= 0.3 is 6.03 Å². The number of carbonyl (C=O) groups excluding carboxylic acids is 1.